The van der Waals surface area contributed by atoms with Crippen LogP contribution in [-0.4, -0.2) is 13.5 Å². The van der Waals surface area contributed by atoms with Gasteiger partial charge in [0.2, 0.25) is 10.0 Å². The molecule has 1 aromatic carbocycles. The third kappa shape index (κ3) is 3.24. The maximum atomic E-state index is 13.1. The molecule has 2 rings (SSSR count). The van der Waals surface area contributed by atoms with Gasteiger partial charge in [0.25, 0.3) is 0 Å². The number of thiophene rings is 1. The Morgan fingerprint density at radius 1 is 1.40 bits per heavy atom. The number of sulfonamides is 1. The molecule has 4 nitrogen and oxygen atoms in total. The fourth-order valence-electron chi connectivity index (χ4n) is 1.82. The van der Waals surface area contributed by atoms with E-state index in [2.05, 4.69) is 4.72 Å². The summed E-state index contributed by atoms with van der Waals surface area (Å²) in [7, 11) is -3.74. The molecule has 1 unspecified atom stereocenters. The minimum Gasteiger partial charge on any atom is -0.391 e. The Morgan fingerprint density at radius 2 is 2.15 bits per heavy atom. The van der Waals surface area contributed by atoms with E-state index in [1.54, 1.807) is 18.4 Å². The summed E-state index contributed by atoms with van der Waals surface area (Å²) in [6, 6.07) is 6.64. The van der Waals surface area contributed by atoms with Gasteiger partial charge in [-0.15, -0.1) is 11.3 Å². The Balaban J connectivity index is 2.24. The second kappa shape index (κ2) is 6.01. The molecule has 108 valence electrons. The summed E-state index contributed by atoms with van der Waals surface area (Å²) in [6.45, 7) is 1.31. The van der Waals surface area contributed by atoms with Crippen LogP contribution in [0.1, 0.15) is 23.4 Å². The van der Waals surface area contributed by atoms with Gasteiger partial charge in [-0.2, -0.15) is 0 Å². The van der Waals surface area contributed by atoms with Gasteiger partial charge in [-0.25, -0.2) is 17.5 Å². The monoisotopic (exact) mass is 315 g/mol. The average Bonchev–Trinajstić information content (AvgIpc) is 2.87. The lowest BCUT2D eigenvalue weighted by atomic mass is 10.1. The minimum absolute atomic E-state index is 0.0632. The van der Waals surface area contributed by atoms with Crippen LogP contribution in [0.5, 0.6) is 0 Å². The third-order valence-corrected chi connectivity index (χ3v) is 5.48. The fourth-order valence-corrected chi connectivity index (χ4v) is 4.35. The van der Waals surface area contributed by atoms with Crippen LogP contribution in [0.3, 0.4) is 0 Å². The topological polar surface area (TPSA) is 66.4 Å². The normalized spacial score (nSPS) is 13.3. The number of halogens is 1. The molecule has 0 amide bonds. The smallest absolute Gasteiger partial charge is 0.242 e. The van der Waals surface area contributed by atoms with E-state index in [-0.39, 0.29) is 11.5 Å². The highest BCUT2D eigenvalue weighted by Crippen LogP contribution is 2.24. The summed E-state index contributed by atoms with van der Waals surface area (Å²) < 4.78 is 40.1. The van der Waals surface area contributed by atoms with Crippen molar-refractivity contribution in [1.29, 1.82) is 0 Å². The quantitative estimate of drug-likeness (QED) is 0.890. The SMILES string of the molecule is CC(NS(=O)(=O)c1ccsc1CO)c1cccc(F)c1. The van der Waals surface area contributed by atoms with Crippen molar-refractivity contribution in [2.75, 3.05) is 0 Å². The molecular weight excluding hydrogens is 301 g/mol. The predicted octanol–water partition coefficient (Wildman–Crippen LogP) is 2.42. The number of hydrogen-bond donors (Lipinski definition) is 2. The second-order valence-electron chi connectivity index (χ2n) is 4.26. The molecule has 0 spiro atoms. The van der Waals surface area contributed by atoms with Crippen LogP contribution >= 0.6 is 11.3 Å². The maximum Gasteiger partial charge on any atom is 0.242 e. The van der Waals surface area contributed by atoms with Gasteiger partial charge in [0.1, 0.15) is 5.82 Å². The highest BCUT2D eigenvalue weighted by atomic mass is 32.2. The summed E-state index contributed by atoms with van der Waals surface area (Å²) in [6.07, 6.45) is 0. The number of aliphatic hydroxyl groups is 1. The van der Waals surface area contributed by atoms with Crippen LogP contribution in [0.2, 0.25) is 0 Å². The zero-order valence-corrected chi connectivity index (χ0v) is 12.3. The molecule has 0 saturated heterocycles. The molecule has 1 aromatic heterocycles. The molecule has 7 heteroatoms. The number of benzene rings is 1. The van der Waals surface area contributed by atoms with Crippen LogP contribution in [0.15, 0.2) is 40.6 Å². The van der Waals surface area contributed by atoms with E-state index in [9.17, 15) is 12.8 Å². The number of nitrogens with one attached hydrogen (secondary N) is 1. The summed E-state index contributed by atoms with van der Waals surface area (Å²) in [4.78, 5) is 0.442. The molecule has 0 fully saturated rings. The number of aliphatic hydroxyl groups excluding tert-OH is 1. The molecule has 1 heterocycles. The van der Waals surface area contributed by atoms with Gasteiger partial charge in [-0.05, 0) is 36.1 Å². The molecule has 0 bridgehead atoms. The molecule has 2 aromatic rings. The summed E-state index contributed by atoms with van der Waals surface area (Å²) in [5.74, 6) is -0.417. The van der Waals surface area contributed by atoms with Crippen LogP contribution in [0.25, 0.3) is 0 Å². The van der Waals surface area contributed by atoms with E-state index in [0.29, 0.717) is 10.4 Å². The van der Waals surface area contributed by atoms with Gasteiger partial charge in [-0.3, -0.25) is 0 Å². The van der Waals surface area contributed by atoms with Gasteiger partial charge in [0.15, 0.2) is 0 Å². The third-order valence-electron chi connectivity index (χ3n) is 2.82. The Hall–Kier alpha value is -1.28. The van der Waals surface area contributed by atoms with Crippen molar-refractivity contribution in [3.05, 3.63) is 52.0 Å². The number of rotatable bonds is 5. The molecule has 0 aliphatic heterocycles. The highest BCUT2D eigenvalue weighted by Gasteiger charge is 2.22. The second-order valence-corrected chi connectivity index (χ2v) is 6.95. The fraction of sp³-hybridized carbons (Fsp3) is 0.231. The van der Waals surface area contributed by atoms with Crippen molar-refractivity contribution in [3.8, 4) is 0 Å². The van der Waals surface area contributed by atoms with Crippen molar-refractivity contribution in [1.82, 2.24) is 4.72 Å². The summed E-state index contributed by atoms with van der Waals surface area (Å²) in [5, 5.41) is 10.7. The van der Waals surface area contributed by atoms with Gasteiger partial charge in [0.05, 0.1) is 11.5 Å². The first-order valence-corrected chi connectivity index (χ1v) is 8.25. The average molecular weight is 315 g/mol. The summed E-state index contributed by atoms with van der Waals surface area (Å²) in [5.41, 5.74) is 0.536. The van der Waals surface area contributed by atoms with E-state index in [1.165, 1.54) is 35.6 Å². The van der Waals surface area contributed by atoms with E-state index in [4.69, 9.17) is 5.11 Å². The zero-order chi connectivity index (χ0) is 14.8. The Bertz CT molecular complexity index is 697. The van der Waals surface area contributed by atoms with Gasteiger partial charge < -0.3 is 5.11 Å². The van der Waals surface area contributed by atoms with E-state index in [0.717, 1.165) is 0 Å². The molecule has 0 saturated carbocycles. The minimum atomic E-state index is -3.74. The first-order valence-electron chi connectivity index (χ1n) is 5.89. The number of hydrogen-bond acceptors (Lipinski definition) is 4. The van der Waals surface area contributed by atoms with E-state index >= 15 is 0 Å². The molecule has 0 aliphatic rings. The van der Waals surface area contributed by atoms with Gasteiger partial charge in [-0.1, -0.05) is 12.1 Å². The van der Waals surface area contributed by atoms with E-state index < -0.39 is 21.9 Å². The Labute approximate surface area is 120 Å². The maximum absolute atomic E-state index is 13.1. The summed E-state index contributed by atoms with van der Waals surface area (Å²) >= 11 is 1.17. The van der Waals surface area contributed by atoms with Crippen molar-refractivity contribution < 1.29 is 17.9 Å². The lowest BCUT2D eigenvalue weighted by Crippen LogP contribution is -2.27. The zero-order valence-electron chi connectivity index (χ0n) is 10.7. The Kier molecular flexibility index (Phi) is 4.54. The van der Waals surface area contributed by atoms with Crippen LogP contribution in [0.4, 0.5) is 4.39 Å². The first kappa shape index (κ1) is 15.1. The largest absolute Gasteiger partial charge is 0.391 e. The van der Waals surface area contributed by atoms with Crippen molar-refractivity contribution >= 4 is 21.4 Å². The molecule has 0 radical (unpaired) electrons. The van der Waals surface area contributed by atoms with Crippen LogP contribution < -0.4 is 4.72 Å². The predicted molar refractivity (Wildman–Crippen MR) is 75.4 cm³/mol. The standard InChI is InChI=1S/C13H14FNO3S2/c1-9(10-3-2-4-11(14)7-10)15-20(17,18)13-5-6-19-12(13)8-16/h2-7,9,15-16H,8H2,1H3. The van der Waals surface area contributed by atoms with Gasteiger partial charge >= 0.3 is 0 Å². The van der Waals surface area contributed by atoms with E-state index in [1.807, 2.05) is 0 Å². The molecule has 20 heavy (non-hydrogen) atoms. The van der Waals surface area contributed by atoms with Crippen molar-refractivity contribution in [3.63, 3.8) is 0 Å². The lowest BCUT2D eigenvalue weighted by Gasteiger charge is -2.14. The lowest BCUT2D eigenvalue weighted by molar-refractivity contribution is 0.282. The van der Waals surface area contributed by atoms with Crippen molar-refractivity contribution in [2.45, 2.75) is 24.5 Å². The van der Waals surface area contributed by atoms with Crippen LogP contribution in [-0.2, 0) is 16.6 Å². The molecule has 1 atom stereocenters. The van der Waals surface area contributed by atoms with Gasteiger partial charge in [0, 0.05) is 10.9 Å². The molecule has 0 aliphatic carbocycles. The first-order chi connectivity index (χ1) is 9.44. The highest BCUT2D eigenvalue weighted by molar-refractivity contribution is 7.89. The van der Waals surface area contributed by atoms with Crippen LogP contribution in [0, 0.1) is 5.82 Å². The van der Waals surface area contributed by atoms with Crippen molar-refractivity contribution in [2.24, 2.45) is 0 Å². The molecule has 2 N–H and O–H groups in total. The molecular formula is C13H14FNO3S2. The Morgan fingerprint density at radius 3 is 2.80 bits per heavy atom.